The van der Waals surface area contributed by atoms with Gasteiger partial charge in [-0.1, -0.05) is 166 Å². The van der Waals surface area contributed by atoms with E-state index in [-0.39, 0.29) is 5.41 Å². The van der Waals surface area contributed by atoms with Crippen molar-refractivity contribution in [1.29, 1.82) is 0 Å². The molecule has 0 spiro atoms. The van der Waals surface area contributed by atoms with Gasteiger partial charge in [0.05, 0.1) is 22.4 Å². The highest BCUT2D eigenvalue weighted by Gasteiger charge is 2.40. The van der Waals surface area contributed by atoms with Crippen LogP contribution in [0, 0.1) is 0 Å². The minimum absolute atomic E-state index is 0.211. The molecule has 65 heavy (non-hydrogen) atoms. The minimum Gasteiger partial charge on any atom is -0.310 e. The van der Waals surface area contributed by atoms with Gasteiger partial charge in [-0.05, 0) is 124 Å². The molecule has 310 valence electrons. The van der Waals surface area contributed by atoms with Crippen LogP contribution >= 0.6 is 0 Å². The lowest BCUT2D eigenvalue weighted by molar-refractivity contribution is 0.555. The quantitative estimate of drug-likeness (QED) is 0.159. The van der Waals surface area contributed by atoms with E-state index in [4.69, 9.17) is 0 Å². The van der Waals surface area contributed by atoms with Crippen LogP contribution in [0.25, 0.3) is 72.1 Å². The summed E-state index contributed by atoms with van der Waals surface area (Å²) in [6.45, 7) is 4.85. The number of nitrogens with zero attached hydrogens (tertiary/aromatic N) is 3. The van der Waals surface area contributed by atoms with Gasteiger partial charge >= 0.3 is 0 Å². The molecule has 1 atom stereocenters. The molecule has 3 nitrogen and oxygen atoms in total. The van der Waals surface area contributed by atoms with E-state index >= 15 is 0 Å². The number of rotatable bonds is 7. The first-order valence-corrected chi connectivity index (χ1v) is 22.7. The van der Waals surface area contributed by atoms with Crippen molar-refractivity contribution >= 4 is 33.2 Å². The van der Waals surface area contributed by atoms with Crippen molar-refractivity contribution in [3.8, 4) is 50.3 Å². The number of hydrogen-bond acceptors (Lipinski definition) is 2. The Hall–Kier alpha value is -8.01. The highest BCUT2D eigenvalue weighted by Crippen LogP contribution is 2.54. The van der Waals surface area contributed by atoms with E-state index in [0.717, 1.165) is 29.1 Å². The topological polar surface area (TPSA) is 21.1 Å². The second kappa shape index (κ2) is 15.7. The Balaban J connectivity index is 0.980. The second-order valence-electron chi connectivity index (χ2n) is 17.9. The van der Waals surface area contributed by atoms with Crippen molar-refractivity contribution in [2.45, 2.75) is 31.6 Å². The number of benzene rings is 8. The molecular formula is C62H47N3. The number of hydrogen-bond donors (Lipinski definition) is 0. The average Bonchev–Trinajstić information content (AvgIpc) is 3.72. The summed E-state index contributed by atoms with van der Waals surface area (Å²) in [6, 6.07) is 77.5. The standard InChI is InChI=1S/C62H47N3/c1-62(2)55-40-47(42-16-6-3-7-17-42)31-35-59(55)64(51-33-29-46(30-34-51)57-23-14-15-37-63-57)60-36-32-48(41-56(60)62)44-25-27-45(28-26-44)53-38-49(43-18-8-4-9-19-43)39-54-52-22-12-13-24-58(52)65(61(53)54)50-20-10-5-11-21-50/h3-39,41,47H,40H2,1-2H3. The molecule has 3 heterocycles. The molecule has 10 aromatic rings. The van der Waals surface area contributed by atoms with Crippen LogP contribution in [-0.2, 0) is 5.41 Å². The lowest BCUT2D eigenvalue weighted by Gasteiger charge is -2.45. The molecule has 0 fully saturated rings. The summed E-state index contributed by atoms with van der Waals surface area (Å²) in [6.07, 6.45) is 7.60. The van der Waals surface area contributed by atoms with E-state index in [9.17, 15) is 0 Å². The molecule has 1 aliphatic heterocycles. The van der Waals surface area contributed by atoms with Crippen LogP contribution < -0.4 is 4.90 Å². The van der Waals surface area contributed by atoms with Crippen molar-refractivity contribution in [3.63, 3.8) is 0 Å². The van der Waals surface area contributed by atoms with Gasteiger partial charge in [0.25, 0.3) is 0 Å². The molecule has 8 aromatic carbocycles. The Morgan fingerprint density at radius 1 is 0.508 bits per heavy atom. The molecule has 0 saturated heterocycles. The molecule has 0 bridgehead atoms. The Labute approximate surface area is 380 Å². The van der Waals surface area contributed by atoms with Gasteiger partial charge in [0.2, 0.25) is 0 Å². The SMILES string of the molecule is CC1(C)C2=C(C=CC(c3ccccc3)C2)N(c2ccc(-c3ccccn3)cc2)c2ccc(-c3ccc(-c4cc(-c5ccccc5)cc5c6ccccc6n(-c6ccccc6)c45)cc3)cc21. The number of anilines is 2. The fraction of sp³-hybridized carbons (Fsp3) is 0.0806. The fourth-order valence-electron chi connectivity index (χ4n) is 10.5. The first-order valence-electron chi connectivity index (χ1n) is 22.7. The summed E-state index contributed by atoms with van der Waals surface area (Å²) >= 11 is 0. The first kappa shape index (κ1) is 38.6. The van der Waals surface area contributed by atoms with Crippen LogP contribution in [0.1, 0.15) is 37.3 Å². The predicted molar refractivity (Wildman–Crippen MR) is 272 cm³/mol. The second-order valence-corrected chi connectivity index (χ2v) is 17.9. The third kappa shape index (κ3) is 6.62. The summed E-state index contributed by atoms with van der Waals surface area (Å²) < 4.78 is 2.44. The molecule has 1 aliphatic carbocycles. The Morgan fingerprint density at radius 3 is 1.91 bits per heavy atom. The molecule has 1 unspecified atom stereocenters. The lowest BCUT2D eigenvalue weighted by atomic mass is 9.67. The number of fused-ring (bicyclic) bond motifs is 4. The van der Waals surface area contributed by atoms with Crippen LogP contribution in [0.3, 0.4) is 0 Å². The van der Waals surface area contributed by atoms with E-state index < -0.39 is 0 Å². The lowest BCUT2D eigenvalue weighted by Crippen LogP contribution is -2.35. The maximum Gasteiger partial charge on any atom is 0.0701 e. The van der Waals surface area contributed by atoms with Crippen LogP contribution in [0.5, 0.6) is 0 Å². The largest absolute Gasteiger partial charge is 0.310 e. The van der Waals surface area contributed by atoms with E-state index in [0.29, 0.717) is 5.92 Å². The molecule has 3 heteroatoms. The van der Waals surface area contributed by atoms with Crippen molar-refractivity contribution in [3.05, 3.63) is 253 Å². The zero-order valence-electron chi connectivity index (χ0n) is 36.6. The summed E-state index contributed by atoms with van der Waals surface area (Å²) in [4.78, 5) is 7.12. The molecule has 12 rings (SSSR count). The predicted octanol–water partition coefficient (Wildman–Crippen LogP) is 16.3. The van der Waals surface area contributed by atoms with Crippen molar-refractivity contribution in [2.75, 3.05) is 4.90 Å². The summed E-state index contributed by atoms with van der Waals surface area (Å²) in [7, 11) is 0. The third-order valence-electron chi connectivity index (χ3n) is 13.9. The molecule has 0 amide bonds. The number of pyridine rings is 1. The van der Waals surface area contributed by atoms with Crippen LogP contribution in [-0.4, -0.2) is 9.55 Å². The monoisotopic (exact) mass is 833 g/mol. The molecule has 0 N–H and O–H groups in total. The highest BCUT2D eigenvalue weighted by molar-refractivity contribution is 6.15. The van der Waals surface area contributed by atoms with Crippen molar-refractivity contribution < 1.29 is 0 Å². The maximum atomic E-state index is 4.63. The molecular weight excluding hydrogens is 787 g/mol. The summed E-state index contributed by atoms with van der Waals surface area (Å²) in [5.74, 6) is 0.312. The molecule has 0 radical (unpaired) electrons. The molecule has 2 aromatic heterocycles. The third-order valence-corrected chi connectivity index (χ3v) is 13.9. The normalized spacial score (nSPS) is 15.3. The summed E-state index contributed by atoms with van der Waals surface area (Å²) in [5, 5.41) is 2.50. The number of para-hydroxylation sites is 2. The smallest absolute Gasteiger partial charge is 0.0701 e. The van der Waals surface area contributed by atoms with Crippen molar-refractivity contribution in [2.24, 2.45) is 0 Å². The minimum atomic E-state index is -0.211. The zero-order valence-corrected chi connectivity index (χ0v) is 36.6. The van der Waals surface area contributed by atoms with E-state index in [1.165, 1.54) is 83.3 Å². The Bertz CT molecular complexity index is 3440. The van der Waals surface area contributed by atoms with E-state index in [2.05, 4.69) is 241 Å². The summed E-state index contributed by atoms with van der Waals surface area (Å²) in [5.41, 5.74) is 20.5. The first-order chi connectivity index (χ1) is 32.0. The number of aromatic nitrogens is 2. The molecule has 0 saturated carbocycles. The van der Waals surface area contributed by atoms with E-state index in [1.54, 1.807) is 0 Å². The number of allylic oxidation sites excluding steroid dienone is 3. The average molecular weight is 834 g/mol. The van der Waals surface area contributed by atoms with Crippen LogP contribution in [0.2, 0.25) is 0 Å². The van der Waals surface area contributed by atoms with Gasteiger partial charge in [-0.3, -0.25) is 4.98 Å². The van der Waals surface area contributed by atoms with Gasteiger partial charge in [0, 0.05) is 56.5 Å². The Kier molecular flexibility index (Phi) is 9.31. The van der Waals surface area contributed by atoms with Gasteiger partial charge in [-0.25, -0.2) is 0 Å². The van der Waals surface area contributed by atoms with E-state index in [1.807, 2.05) is 18.3 Å². The van der Waals surface area contributed by atoms with Gasteiger partial charge in [0.1, 0.15) is 0 Å². The molecule has 2 aliphatic rings. The fourth-order valence-corrected chi connectivity index (χ4v) is 10.5. The van der Waals surface area contributed by atoms with Crippen LogP contribution in [0.4, 0.5) is 11.4 Å². The van der Waals surface area contributed by atoms with Gasteiger partial charge in [-0.2, -0.15) is 0 Å². The highest BCUT2D eigenvalue weighted by atomic mass is 15.2. The van der Waals surface area contributed by atoms with Crippen molar-refractivity contribution in [1.82, 2.24) is 9.55 Å². The van der Waals surface area contributed by atoms with Gasteiger partial charge in [0.15, 0.2) is 0 Å². The van der Waals surface area contributed by atoms with Gasteiger partial charge in [-0.15, -0.1) is 0 Å². The maximum absolute atomic E-state index is 4.63. The van der Waals surface area contributed by atoms with Crippen LogP contribution in [0.15, 0.2) is 242 Å². The van der Waals surface area contributed by atoms with Gasteiger partial charge < -0.3 is 9.47 Å². The zero-order chi connectivity index (χ0) is 43.5. The Morgan fingerprint density at radius 2 is 1.15 bits per heavy atom.